The van der Waals surface area contributed by atoms with E-state index in [-0.39, 0.29) is 0 Å². The third-order valence-electron chi connectivity index (χ3n) is 2.30. The van der Waals surface area contributed by atoms with E-state index in [1.54, 1.807) is 6.92 Å². The van der Waals surface area contributed by atoms with Gasteiger partial charge in [0, 0.05) is 13.8 Å². The van der Waals surface area contributed by atoms with Crippen LogP contribution < -0.4 is 0 Å². The first-order valence-electron chi connectivity index (χ1n) is 5.11. The fraction of sp³-hybridized carbons (Fsp3) is 0.800. The molecule has 0 spiro atoms. The standard InChI is InChI=1S/C10H14BrFO5/c1-4-8(16-5(2)13)9(17-6(3)14)7(11)10(12)15-4/h4,7-10H,1-3H3/t4-,7+,8-,9-,10+/m1/s1. The molecular weight excluding hydrogens is 299 g/mol. The van der Waals surface area contributed by atoms with E-state index in [0.717, 1.165) is 0 Å². The summed E-state index contributed by atoms with van der Waals surface area (Å²) >= 11 is 3.04. The highest BCUT2D eigenvalue weighted by Crippen LogP contribution is 2.31. The van der Waals surface area contributed by atoms with Gasteiger partial charge in [-0.15, -0.1) is 0 Å². The van der Waals surface area contributed by atoms with Crippen LogP contribution in [0, 0.1) is 0 Å². The minimum Gasteiger partial charge on any atom is -0.457 e. The lowest BCUT2D eigenvalue weighted by atomic mass is 10.0. The second kappa shape index (κ2) is 5.77. The van der Waals surface area contributed by atoms with Gasteiger partial charge in [0.15, 0.2) is 12.2 Å². The second-order valence-electron chi connectivity index (χ2n) is 3.78. The van der Waals surface area contributed by atoms with E-state index in [9.17, 15) is 14.0 Å². The van der Waals surface area contributed by atoms with Gasteiger partial charge in [0.2, 0.25) is 6.36 Å². The molecule has 1 fully saturated rings. The third kappa shape index (κ3) is 3.64. The van der Waals surface area contributed by atoms with Crippen molar-refractivity contribution < 1.29 is 28.2 Å². The normalized spacial score (nSPS) is 37.4. The Morgan fingerprint density at radius 3 is 2.12 bits per heavy atom. The number of alkyl halides is 2. The fourth-order valence-corrected chi connectivity index (χ4v) is 2.17. The van der Waals surface area contributed by atoms with Crippen molar-refractivity contribution in [1.82, 2.24) is 0 Å². The van der Waals surface area contributed by atoms with Crippen LogP contribution in [0.2, 0.25) is 0 Å². The molecule has 7 heteroatoms. The van der Waals surface area contributed by atoms with Crippen LogP contribution in [0.5, 0.6) is 0 Å². The molecule has 0 unspecified atom stereocenters. The summed E-state index contributed by atoms with van der Waals surface area (Å²) in [6.07, 6.45) is -4.05. The van der Waals surface area contributed by atoms with Crippen molar-refractivity contribution in [2.75, 3.05) is 0 Å². The van der Waals surface area contributed by atoms with Crippen LogP contribution >= 0.6 is 15.9 Å². The maximum Gasteiger partial charge on any atom is 0.303 e. The van der Waals surface area contributed by atoms with E-state index in [4.69, 9.17) is 14.2 Å². The van der Waals surface area contributed by atoms with Crippen LogP contribution in [0.3, 0.4) is 0 Å². The Morgan fingerprint density at radius 1 is 1.18 bits per heavy atom. The van der Waals surface area contributed by atoms with Gasteiger partial charge in [-0.25, -0.2) is 4.39 Å². The summed E-state index contributed by atoms with van der Waals surface area (Å²) in [6, 6.07) is 0. The van der Waals surface area contributed by atoms with Crippen LogP contribution in [0.1, 0.15) is 20.8 Å². The summed E-state index contributed by atoms with van der Waals surface area (Å²) in [5.41, 5.74) is 0. The molecule has 0 aromatic carbocycles. The Bertz CT molecular complexity index is 311. The predicted molar refractivity (Wildman–Crippen MR) is 59.3 cm³/mol. The lowest BCUT2D eigenvalue weighted by Crippen LogP contribution is -2.56. The monoisotopic (exact) mass is 312 g/mol. The Labute approximate surface area is 107 Å². The van der Waals surface area contributed by atoms with E-state index in [0.29, 0.717) is 0 Å². The Hall–Kier alpha value is -0.690. The highest BCUT2D eigenvalue weighted by Gasteiger charge is 2.47. The van der Waals surface area contributed by atoms with Gasteiger partial charge in [0.1, 0.15) is 4.83 Å². The molecule has 17 heavy (non-hydrogen) atoms. The Morgan fingerprint density at radius 2 is 1.65 bits per heavy atom. The molecule has 1 aliphatic heterocycles. The average molecular weight is 313 g/mol. The van der Waals surface area contributed by atoms with Crippen LogP contribution in [-0.2, 0) is 23.8 Å². The lowest BCUT2D eigenvalue weighted by Gasteiger charge is -2.39. The molecular formula is C10H14BrFO5. The van der Waals surface area contributed by atoms with Gasteiger partial charge in [-0.2, -0.15) is 0 Å². The molecule has 0 aliphatic carbocycles. The topological polar surface area (TPSA) is 61.8 Å². The van der Waals surface area contributed by atoms with Gasteiger partial charge < -0.3 is 14.2 Å². The smallest absolute Gasteiger partial charge is 0.303 e. The number of carbonyl (C=O) groups is 2. The van der Waals surface area contributed by atoms with Gasteiger partial charge in [0.25, 0.3) is 0 Å². The minimum atomic E-state index is -1.62. The zero-order chi connectivity index (χ0) is 13.2. The largest absolute Gasteiger partial charge is 0.457 e. The predicted octanol–water partition coefficient (Wildman–Crippen LogP) is 1.33. The van der Waals surface area contributed by atoms with E-state index < -0.39 is 41.4 Å². The molecule has 0 N–H and O–H groups in total. The van der Waals surface area contributed by atoms with Gasteiger partial charge in [-0.1, -0.05) is 15.9 Å². The number of ether oxygens (including phenoxy) is 3. The van der Waals surface area contributed by atoms with Crippen molar-refractivity contribution in [3.8, 4) is 0 Å². The van der Waals surface area contributed by atoms with E-state index in [1.807, 2.05) is 0 Å². The van der Waals surface area contributed by atoms with Crippen molar-refractivity contribution in [3.05, 3.63) is 0 Å². The maximum atomic E-state index is 13.4. The van der Waals surface area contributed by atoms with Crippen molar-refractivity contribution in [1.29, 1.82) is 0 Å². The third-order valence-corrected chi connectivity index (χ3v) is 3.24. The molecule has 1 saturated heterocycles. The SMILES string of the molecule is CC(=O)O[C@@H]1[C@H](Br)[C@@H](F)O[C@H](C)[C@H]1OC(C)=O. The highest BCUT2D eigenvalue weighted by atomic mass is 79.9. The van der Waals surface area contributed by atoms with Crippen molar-refractivity contribution in [3.63, 3.8) is 0 Å². The number of hydrogen-bond acceptors (Lipinski definition) is 5. The van der Waals surface area contributed by atoms with Crippen molar-refractivity contribution in [2.24, 2.45) is 0 Å². The molecule has 1 rings (SSSR count). The van der Waals surface area contributed by atoms with Gasteiger partial charge >= 0.3 is 11.9 Å². The van der Waals surface area contributed by atoms with Crippen LogP contribution in [0.4, 0.5) is 4.39 Å². The first kappa shape index (κ1) is 14.4. The van der Waals surface area contributed by atoms with Gasteiger partial charge in [-0.05, 0) is 6.92 Å². The highest BCUT2D eigenvalue weighted by molar-refractivity contribution is 9.09. The summed E-state index contributed by atoms with van der Waals surface area (Å²) in [5.74, 6) is -1.11. The summed E-state index contributed by atoms with van der Waals surface area (Å²) in [5, 5.41) is 0. The fourth-order valence-electron chi connectivity index (χ4n) is 1.63. The van der Waals surface area contributed by atoms with Crippen molar-refractivity contribution in [2.45, 2.75) is 50.3 Å². The maximum absolute atomic E-state index is 13.4. The number of carbonyl (C=O) groups excluding carboxylic acids is 2. The van der Waals surface area contributed by atoms with E-state index >= 15 is 0 Å². The Kier molecular flexibility index (Phi) is 4.88. The molecule has 0 aromatic rings. The number of esters is 2. The average Bonchev–Trinajstić information content (AvgIpc) is 2.19. The van der Waals surface area contributed by atoms with Gasteiger partial charge in [0.05, 0.1) is 6.10 Å². The molecule has 1 heterocycles. The lowest BCUT2D eigenvalue weighted by molar-refractivity contribution is -0.218. The van der Waals surface area contributed by atoms with Crippen LogP contribution in [0.15, 0.2) is 0 Å². The number of halogens is 2. The molecule has 5 atom stereocenters. The van der Waals surface area contributed by atoms with E-state index in [2.05, 4.69) is 15.9 Å². The summed E-state index contributed by atoms with van der Waals surface area (Å²) in [7, 11) is 0. The first-order valence-corrected chi connectivity index (χ1v) is 6.02. The molecule has 0 saturated carbocycles. The first-order chi connectivity index (χ1) is 7.82. The molecule has 0 bridgehead atoms. The van der Waals surface area contributed by atoms with Gasteiger partial charge in [-0.3, -0.25) is 9.59 Å². The summed E-state index contributed by atoms with van der Waals surface area (Å²) in [6.45, 7) is 3.98. The molecule has 0 amide bonds. The quantitative estimate of drug-likeness (QED) is 0.568. The van der Waals surface area contributed by atoms with Crippen LogP contribution in [0.25, 0.3) is 0 Å². The van der Waals surface area contributed by atoms with Crippen molar-refractivity contribution >= 4 is 27.9 Å². The van der Waals surface area contributed by atoms with E-state index in [1.165, 1.54) is 13.8 Å². The molecule has 0 aromatic heterocycles. The molecule has 98 valence electrons. The number of hydrogen-bond donors (Lipinski definition) is 0. The molecule has 5 nitrogen and oxygen atoms in total. The molecule has 1 aliphatic rings. The number of rotatable bonds is 2. The Balaban J connectivity index is 2.86. The second-order valence-corrected chi connectivity index (χ2v) is 4.84. The summed E-state index contributed by atoms with van der Waals surface area (Å²) < 4.78 is 28.4. The summed E-state index contributed by atoms with van der Waals surface area (Å²) in [4.78, 5) is 21.0. The molecule has 0 radical (unpaired) electrons. The zero-order valence-corrected chi connectivity index (χ0v) is 11.3. The van der Waals surface area contributed by atoms with Crippen LogP contribution in [-0.4, -0.2) is 41.4 Å². The zero-order valence-electron chi connectivity index (χ0n) is 9.68. The minimum absolute atomic E-state index is 0.542.